The van der Waals surface area contributed by atoms with Gasteiger partial charge in [0.1, 0.15) is 11.6 Å². The molecule has 3 N–H and O–H groups in total. The van der Waals surface area contributed by atoms with E-state index in [0.717, 1.165) is 12.1 Å². The Kier molecular flexibility index (Phi) is 5.66. The SMILES string of the molecule is CC(C)C(CN(C)C)NS(=O)(=O)c1c(F)cc(N)cc1F. The lowest BCUT2D eigenvalue weighted by molar-refractivity contribution is 0.314. The van der Waals surface area contributed by atoms with Gasteiger partial charge in [-0.15, -0.1) is 0 Å². The van der Waals surface area contributed by atoms with E-state index in [1.807, 2.05) is 13.8 Å². The van der Waals surface area contributed by atoms with Gasteiger partial charge in [-0.1, -0.05) is 13.8 Å². The van der Waals surface area contributed by atoms with Crippen molar-refractivity contribution in [1.82, 2.24) is 9.62 Å². The zero-order valence-electron chi connectivity index (χ0n) is 12.5. The first-order valence-corrected chi connectivity index (χ1v) is 7.94. The van der Waals surface area contributed by atoms with Crippen LogP contribution in [0.2, 0.25) is 0 Å². The molecule has 0 saturated heterocycles. The Balaban J connectivity index is 3.17. The Labute approximate surface area is 124 Å². The fourth-order valence-corrected chi connectivity index (χ4v) is 3.37. The van der Waals surface area contributed by atoms with Crippen LogP contribution in [0, 0.1) is 17.6 Å². The normalized spacial score (nSPS) is 13.9. The van der Waals surface area contributed by atoms with Crippen molar-refractivity contribution in [3.05, 3.63) is 23.8 Å². The van der Waals surface area contributed by atoms with E-state index < -0.39 is 32.6 Å². The lowest BCUT2D eigenvalue weighted by Crippen LogP contribution is -2.45. The second-order valence-electron chi connectivity index (χ2n) is 5.55. The number of hydrogen-bond acceptors (Lipinski definition) is 4. The van der Waals surface area contributed by atoms with E-state index in [-0.39, 0.29) is 11.6 Å². The number of nitrogen functional groups attached to an aromatic ring is 1. The predicted molar refractivity (Wildman–Crippen MR) is 78.3 cm³/mol. The largest absolute Gasteiger partial charge is 0.399 e. The van der Waals surface area contributed by atoms with E-state index in [0.29, 0.717) is 6.54 Å². The maximum atomic E-state index is 13.8. The summed E-state index contributed by atoms with van der Waals surface area (Å²) in [6, 6.07) is 1.10. The molecule has 0 saturated carbocycles. The van der Waals surface area contributed by atoms with Gasteiger partial charge in [-0.05, 0) is 32.1 Å². The minimum absolute atomic E-state index is 0.0397. The van der Waals surface area contributed by atoms with Crippen molar-refractivity contribution in [2.75, 3.05) is 26.4 Å². The minimum Gasteiger partial charge on any atom is -0.399 e. The van der Waals surface area contributed by atoms with Crippen LogP contribution in [0.3, 0.4) is 0 Å². The Morgan fingerprint density at radius 1 is 1.24 bits per heavy atom. The highest BCUT2D eigenvalue weighted by molar-refractivity contribution is 7.89. The smallest absolute Gasteiger partial charge is 0.246 e. The highest BCUT2D eigenvalue weighted by atomic mass is 32.2. The van der Waals surface area contributed by atoms with Crippen molar-refractivity contribution in [2.45, 2.75) is 24.8 Å². The number of anilines is 1. The molecule has 0 heterocycles. The topological polar surface area (TPSA) is 75.4 Å². The Bertz CT molecular complexity index is 580. The number of nitrogens with two attached hydrogens (primary N) is 1. The van der Waals surface area contributed by atoms with Crippen molar-refractivity contribution in [2.24, 2.45) is 5.92 Å². The zero-order valence-corrected chi connectivity index (χ0v) is 13.3. The minimum atomic E-state index is -4.31. The van der Waals surface area contributed by atoms with Gasteiger partial charge in [0.15, 0.2) is 4.90 Å². The van der Waals surface area contributed by atoms with Crippen LogP contribution < -0.4 is 10.5 Å². The average molecular weight is 321 g/mol. The quantitative estimate of drug-likeness (QED) is 0.777. The van der Waals surface area contributed by atoms with Crippen molar-refractivity contribution < 1.29 is 17.2 Å². The first-order chi connectivity index (χ1) is 9.54. The van der Waals surface area contributed by atoms with Crippen LogP contribution >= 0.6 is 0 Å². The van der Waals surface area contributed by atoms with E-state index in [1.54, 1.807) is 19.0 Å². The zero-order chi connectivity index (χ0) is 16.4. The van der Waals surface area contributed by atoms with Crippen molar-refractivity contribution >= 4 is 15.7 Å². The van der Waals surface area contributed by atoms with Crippen LogP contribution in [0.15, 0.2) is 17.0 Å². The molecule has 1 aromatic rings. The molecule has 0 aliphatic rings. The summed E-state index contributed by atoms with van der Waals surface area (Å²) in [6.07, 6.45) is 0. The number of nitrogens with zero attached hydrogens (tertiary/aromatic N) is 1. The summed E-state index contributed by atoms with van der Waals surface area (Å²) >= 11 is 0. The number of hydrogen-bond donors (Lipinski definition) is 2. The fourth-order valence-electron chi connectivity index (χ4n) is 1.87. The van der Waals surface area contributed by atoms with Crippen LogP contribution in [-0.4, -0.2) is 40.0 Å². The van der Waals surface area contributed by atoms with Crippen molar-refractivity contribution in [1.29, 1.82) is 0 Å². The standard InChI is InChI=1S/C13H21F2N3O2S/c1-8(2)12(7-18(3)4)17-21(19,20)13-10(14)5-9(16)6-11(13)15/h5-6,8,12,17H,7,16H2,1-4H3. The molecule has 0 bridgehead atoms. The molecular weight excluding hydrogens is 300 g/mol. The summed E-state index contributed by atoms with van der Waals surface area (Å²) in [5.74, 6) is -2.44. The first-order valence-electron chi connectivity index (χ1n) is 6.46. The molecule has 1 atom stereocenters. The number of halogens is 2. The van der Waals surface area contributed by atoms with Gasteiger partial charge in [0.05, 0.1) is 0 Å². The van der Waals surface area contributed by atoms with Crippen LogP contribution in [0.25, 0.3) is 0 Å². The van der Waals surface area contributed by atoms with Crippen molar-refractivity contribution in [3.8, 4) is 0 Å². The van der Waals surface area contributed by atoms with E-state index in [1.165, 1.54) is 0 Å². The second-order valence-corrected chi connectivity index (χ2v) is 7.20. The molecule has 0 aliphatic heterocycles. The first kappa shape index (κ1) is 17.8. The van der Waals surface area contributed by atoms with Crippen LogP contribution in [0.4, 0.5) is 14.5 Å². The predicted octanol–water partition coefficient (Wildman–Crippen LogP) is 1.41. The molecule has 21 heavy (non-hydrogen) atoms. The van der Waals surface area contributed by atoms with Gasteiger partial charge in [0.2, 0.25) is 10.0 Å². The Morgan fingerprint density at radius 2 is 1.71 bits per heavy atom. The highest BCUT2D eigenvalue weighted by Crippen LogP contribution is 2.22. The van der Waals surface area contributed by atoms with Gasteiger partial charge >= 0.3 is 0 Å². The number of nitrogens with one attached hydrogen (secondary N) is 1. The van der Waals surface area contributed by atoms with Gasteiger partial charge in [-0.2, -0.15) is 0 Å². The molecule has 1 aromatic carbocycles. The number of rotatable bonds is 6. The molecule has 0 fully saturated rings. The van der Waals surface area contributed by atoms with E-state index in [9.17, 15) is 17.2 Å². The summed E-state index contributed by atoms with van der Waals surface area (Å²) in [4.78, 5) is 0.796. The third-order valence-corrected chi connectivity index (χ3v) is 4.50. The highest BCUT2D eigenvalue weighted by Gasteiger charge is 2.28. The summed E-state index contributed by atoms with van der Waals surface area (Å²) < 4.78 is 54.4. The molecule has 0 aromatic heterocycles. The van der Waals surface area contributed by atoms with Gasteiger partial charge < -0.3 is 10.6 Å². The molecular formula is C13H21F2N3O2S. The van der Waals surface area contributed by atoms with Gasteiger partial charge in [-0.25, -0.2) is 21.9 Å². The summed E-state index contributed by atoms with van der Waals surface area (Å²) in [6.45, 7) is 4.06. The van der Waals surface area contributed by atoms with E-state index >= 15 is 0 Å². The van der Waals surface area contributed by atoms with Gasteiger partial charge in [-0.3, -0.25) is 0 Å². The van der Waals surface area contributed by atoms with E-state index in [4.69, 9.17) is 5.73 Å². The molecule has 0 spiro atoms. The Morgan fingerprint density at radius 3 is 2.10 bits per heavy atom. The molecule has 5 nitrogen and oxygen atoms in total. The van der Waals surface area contributed by atoms with Crippen LogP contribution in [0.1, 0.15) is 13.8 Å². The average Bonchev–Trinajstić information content (AvgIpc) is 2.24. The molecule has 0 amide bonds. The summed E-state index contributed by atoms with van der Waals surface area (Å²) in [5.41, 5.74) is 5.12. The summed E-state index contributed by atoms with van der Waals surface area (Å²) in [5, 5.41) is 0. The third-order valence-electron chi connectivity index (χ3n) is 2.96. The molecule has 8 heteroatoms. The van der Waals surface area contributed by atoms with Gasteiger partial charge in [0, 0.05) is 18.3 Å². The molecule has 1 unspecified atom stereocenters. The lowest BCUT2D eigenvalue weighted by Gasteiger charge is -2.25. The summed E-state index contributed by atoms with van der Waals surface area (Å²) in [7, 11) is -0.739. The molecule has 0 aliphatic carbocycles. The molecule has 1 rings (SSSR count). The maximum Gasteiger partial charge on any atom is 0.246 e. The third kappa shape index (κ3) is 4.62. The monoisotopic (exact) mass is 321 g/mol. The van der Waals surface area contributed by atoms with Gasteiger partial charge in [0.25, 0.3) is 0 Å². The number of sulfonamides is 1. The molecule has 120 valence electrons. The number of likely N-dealkylation sites (N-methyl/N-ethyl adjacent to an activating group) is 1. The maximum absolute atomic E-state index is 13.8. The number of benzene rings is 1. The lowest BCUT2D eigenvalue weighted by atomic mass is 10.1. The fraction of sp³-hybridized carbons (Fsp3) is 0.538. The second kappa shape index (κ2) is 6.67. The van der Waals surface area contributed by atoms with Crippen LogP contribution in [-0.2, 0) is 10.0 Å². The molecule has 0 radical (unpaired) electrons. The van der Waals surface area contributed by atoms with Crippen LogP contribution in [0.5, 0.6) is 0 Å². The van der Waals surface area contributed by atoms with Crippen molar-refractivity contribution in [3.63, 3.8) is 0 Å². The van der Waals surface area contributed by atoms with E-state index in [2.05, 4.69) is 4.72 Å². The Hall–Kier alpha value is -1.25.